The van der Waals surface area contributed by atoms with Gasteiger partial charge in [-0.25, -0.2) is 4.98 Å². The van der Waals surface area contributed by atoms with E-state index in [1.807, 2.05) is 24.3 Å². The van der Waals surface area contributed by atoms with Gasteiger partial charge in [0.15, 0.2) is 0 Å². The fourth-order valence-corrected chi connectivity index (χ4v) is 3.90. The number of nitrogens with one attached hydrogen (secondary N) is 3. The molecule has 4 rings (SSSR count). The second-order valence-electron chi connectivity index (χ2n) is 7.41. The van der Waals surface area contributed by atoms with E-state index >= 15 is 0 Å². The van der Waals surface area contributed by atoms with Crippen molar-refractivity contribution < 1.29 is 24.3 Å². The molecule has 4 N–H and O–H groups in total. The Morgan fingerprint density at radius 3 is 2.46 bits per heavy atom. The van der Waals surface area contributed by atoms with Crippen LogP contribution in [0.1, 0.15) is 26.5 Å². The molecular formula is C24H19N5O5S. The van der Waals surface area contributed by atoms with Crippen molar-refractivity contribution in [2.24, 2.45) is 0 Å². The first kappa shape index (κ1) is 23.5. The normalized spacial score (nSPS) is 11.4. The van der Waals surface area contributed by atoms with Crippen molar-refractivity contribution in [2.45, 2.75) is 12.5 Å². The topological polar surface area (TPSA) is 150 Å². The number of carbonyl (C=O) groups excluding carboxylic acids is 3. The molecule has 0 fully saturated rings. The Bertz CT molecular complexity index is 1400. The third-order valence-electron chi connectivity index (χ3n) is 4.82. The summed E-state index contributed by atoms with van der Waals surface area (Å²) in [6.07, 6.45) is 1.49. The Balaban J connectivity index is 1.36. The van der Waals surface area contributed by atoms with Gasteiger partial charge in [0.1, 0.15) is 12.1 Å². The SMILES string of the molecule is O=C[C@H](CC(=O)O)NC(=O)c1cc(NC(=O)c2ccc(Nc3cnc4ccccc4n3)cc2)cs1. The Kier molecular flexibility index (Phi) is 7.07. The lowest BCUT2D eigenvalue weighted by molar-refractivity contribution is -0.138. The third kappa shape index (κ3) is 6.03. The quantitative estimate of drug-likeness (QED) is 0.261. The molecule has 1 atom stereocenters. The Morgan fingerprint density at radius 1 is 1.00 bits per heavy atom. The lowest BCUT2D eigenvalue weighted by Crippen LogP contribution is -2.37. The van der Waals surface area contributed by atoms with Crippen molar-refractivity contribution >= 4 is 63.6 Å². The fourth-order valence-electron chi connectivity index (χ4n) is 3.16. The van der Waals surface area contributed by atoms with E-state index in [1.165, 1.54) is 6.07 Å². The molecule has 11 heteroatoms. The summed E-state index contributed by atoms with van der Waals surface area (Å²) in [7, 11) is 0. The molecule has 0 saturated heterocycles. The molecule has 2 amide bonds. The first-order chi connectivity index (χ1) is 16.9. The summed E-state index contributed by atoms with van der Waals surface area (Å²) in [5.74, 6) is -1.59. The number of anilines is 3. The standard InChI is InChI=1S/C24H19N5O5S/c30-12-16(10-22(31)32)27-24(34)20-9-17(13-35-20)28-23(33)14-5-7-15(8-6-14)26-21-11-25-18-3-1-2-4-19(18)29-21/h1-9,11-13,16H,10H2,(H,26,29)(H,27,34)(H,28,33)(H,31,32)/t16-/m0/s1. The van der Waals surface area contributed by atoms with Crippen molar-refractivity contribution in [1.82, 2.24) is 15.3 Å². The maximum atomic E-state index is 12.6. The molecule has 4 aromatic rings. The summed E-state index contributed by atoms with van der Waals surface area (Å²) in [5.41, 5.74) is 3.09. The van der Waals surface area contributed by atoms with Crippen LogP contribution in [-0.4, -0.2) is 45.2 Å². The minimum atomic E-state index is -1.20. The molecule has 10 nitrogen and oxygen atoms in total. The number of carboxylic acid groups (broad SMARTS) is 1. The van der Waals surface area contributed by atoms with Gasteiger partial charge in [0.2, 0.25) is 0 Å². The van der Waals surface area contributed by atoms with Gasteiger partial charge in [-0.2, -0.15) is 0 Å². The highest BCUT2D eigenvalue weighted by atomic mass is 32.1. The van der Waals surface area contributed by atoms with Crippen molar-refractivity contribution in [3.63, 3.8) is 0 Å². The van der Waals surface area contributed by atoms with Crippen LogP contribution in [0, 0.1) is 0 Å². The lowest BCUT2D eigenvalue weighted by Gasteiger charge is -2.09. The first-order valence-electron chi connectivity index (χ1n) is 10.4. The van der Waals surface area contributed by atoms with Crippen molar-refractivity contribution in [1.29, 1.82) is 0 Å². The monoisotopic (exact) mass is 489 g/mol. The third-order valence-corrected chi connectivity index (χ3v) is 5.75. The number of amides is 2. The zero-order chi connectivity index (χ0) is 24.8. The van der Waals surface area contributed by atoms with Crippen molar-refractivity contribution in [3.05, 3.63) is 76.6 Å². The maximum absolute atomic E-state index is 12.6. The number of para-hydroxylation sites is 2. The average molecular weight is 490 g/mol. The van der Waals surface area contributed by atoms with E-state index in [9.17, 15) is 19.2 Å². The molecule has 0 spiro atoms. The maximum Gasteiger partial charge on any atom is 0.305 e. The van der Waals surface area contributed by atoms with E-state index in [2.05, 4.69) is 25.9 Å². The number of carboxylic acids is 1. The van der Waals surface area contributed by atoms with Gasteiger partial charge in [0.05, 0.1) is 40.3 Å². The number of carbonyl (C=O) groups is 4. The summed E-state index contributed by atoms with van der Waals surface area (Å²) < 4.78 is 0. The molecule has 2 aromatic heterocycles. The molecule has 0 aliphatic carbocycles. The highest BCUT2D eigenvalue weighted by Gasteiger charge is 2.18. The molecular weight excluding hydrogens is 470 g/mol. The highest BCUT2D eigenvalue weighted by molar-refractivity contribution is 7.12. The minimum Gasteiger partial charge on any atom is -0.481 e. The second-order valence-corrected chi connectivity index (χ2v) is 8.33. The van der Waals surface area contributed by atoms with Crippen LogP contribution in [0.5, 0.6) is 0 Å². The van der Waals surface area contributed by atoms with Gasteiger partial charge >= 0.3 is 5.97 Å². The predicted octanol–water partition coefficient (Wildman–Crippen LogP) is 3.46. The number of aromatic nitrogens is 2. The molecule has 0 radical (unpaired) electrons. The number of aldehydes is 1. The van der Waals surface area contributed by atoms with E-state index in [-0.39, 0.29) is 10.8 Å². The van der Waals surface area contributed by atoms with Crippen LogP contribution in [0.25, 0.3) is 11.0 Å². The van der Waals surface area contributed by atoms with E-state index in [4.69, 9.17) is 5.11 Å². The lowest BCUT2D eigenvalue weighted by atomic mass is 10.2. The molecule has 0 saturated carbocycles. The average Bonchev–Trinajstić information content (AvgIpc) is 3.32. The van der Waals surface area contributed by atoms with Crippen LogP contribution in [0.15, 0.2) is 66.2 Å². The van der Waals surface area contributed by atoms with E-state index in [0.717, 1.165) is 28.1 Å². The predicted molar refractivity (Wildman–Crippen MR) is 131 cm³/mol. The molecule has 176 valence electrons. The van der Waals surface area contributed by atoms with Crippen LogP contribution in [0.2, 0.25) is 0 Å². The summed E-state index contributed by atoms with van der Waals surface area (Å²) in [4.78, 5) is 55.6. The summed E-state index contributed by atoms with van der Waals surface area (Å²) in [5, 5.41) is 18.6. The van der Waals surface area contributed by atoms with E-state index in [0.29, 0.717) is 23.4 Å². The number of fused-ring (bicyclic) bond motifs is 1. The molecule has 2 heterocycles. The number of hydrogen-bond acceptors (Lipinski definition) is 8. The first-order valence-corrected chi connectivity index (χ1v) is 11.3. The summed E-state index contributed by atoms with van der Waals surface area (Å²) in [6.45, 7) is 0. The largest absolute Gasteiger partial charge is 0.481 e. The van der Waals surface area contributed by atoms with E-state index in [1.54, 1.807) is 35.8 Å². The van der Waals surface area contributed by atoms with Gasteiger partial charge in [0.25, 0.3) is 11.8 Å². The van der Waals surface area contributed by atoms with E-state index < -0.39 is 24.3 Å². The number of aliphatic carboxylic acids is 1. The van der Waals surface area contributed by atoms with Crippen LogP contribution < -0.4 is 16.0 Å². The van der Waals surface area contributed by atoms with Gasteiger partial charge in [-0.1, -0.05) is 12.1 Å². The summed E-state index contributed by atoms with van der Waals surface area (Å²) in [6, 6.07) is 14.6. The van der Waals surface area contributed by atoms with Gasteiger partial charge in [-0.05, 0) is 42.5 Å². The Labute approximate surface area is 203 Å². The number of benzene rings is 2. The van der Waals surface area contributed by atoms with Crippen molar-refractivity contribution in [3.8, 4) is 0 Å². The number of rotatable bonds is 9. The molecule has 0 bridgehead atoms. The smallest absolute Gasteiger partial charge is 0.305 e. The van der Waals surface area contributed by atoms with Gasteiger partial charge < -0.3 is 25.9 Å². The fraction of sp³-hybridized carbons (Fsp3) is 0.0833. The number of thiophene rings is 1. The van der Waals surface area contributed by atoms with Crippen LogP contribution in [0.3, 0.4) is 0 Å². The van der Waals surface area contributed by atoms with Crippen molar-refractivity contribution in [2.75, 3.05) is 10.6 Å². The number of nitrogens with zero attached hydrogens (tertiary/aromatic N) is 2. The minimum absolute atomic E-state index is 0.230. The van der Waals surface area contributed by atoms with Crippen LogP contribution >= 0.6 is 11.3 Å². The Morgan fingerprint density at radius 2 is 1.74 bits per heavy atom. The van der Waals surface area contributed by atoms with Crippen LogP contribution in [-0.2, 0) is 9.59 Å². The molecule has 2 aromatic carbocycles. The molecule has 0 aliphatic heterocycles. The molecule has 0 aliphatic rings. The van der Waals surface area contributed by atoms with Gasteiger partial charge in [0, 0.05) is 16.6 Å². The Hall–Kier alpha value is -4.64. The zero-order valence-electron chi connectivity index (χ0n) is 18.1. The zero-order valence-corrected chi connectivity index (χ0v) is 18.9. The molecule has 35 heavy (non-hydrogen) atoms. The number of hydrogen-bond donors (Lipinski definition) is 4. The van der Waals surface area contributed by atoms with Crippen LogP contribution in [0.4, 0.5) is 17.2 Å². The second kappa shape index (κ2) is 10.5. The van der Waals surface area contributed by atoms with Gasteiger partial charge in [-0.15, -0.1) is 11.3 Å². The summed E-state index contributed by atoms with van der Waals surface area (Å²) >= 11 is 1.06. The van der Waals surface area contributed by atoms with Gasteiger partial charge in [-0.3, -0.25) is 19.4 Å². The highest BCUT2D eigenvalue weighted by Crippen LogP contribution is 2.21. The molecule has 0 unspecified atom stereocenters.